The maximum absolute atomic E-state index is 13.1. The fourth-order valence-corrected chi connectivity index (χ4v) is 5.81. The highest BCUT2D eigenvalue weighted by molar-refractivity contribution is 5.80. The zero-order valence-electron chi connectivity index (χ0n) is 18.5. The van der Waals surface area contributed by atoms with Gasteiger partial charge in [-0.1, -0.05) is 6.92 Å². The second-order valence-electron chi connectivity index (χ2n) is 9.98. The number of carboxylic acid groups (broad SMARTS) is 1. The van der Waals surface area contributed by atoms with Gasteiger partial charge in [0, 0.05) is 18.5 Å². The molecule has 0 aromatic heterocycles. The monoisotopic (exact) mass is 470 g/mol. The lowest BCUT2D eigenvalue weighted by atomic mass is 9.88. The third-order valence-electron chi connectivity index (χ3n) is 7.83. The Labute approximate surface area is 191 Å². The zero-order chi connectivity index (χ0) is 23.4. The molecule has 12 heteroatoms. The Morgan fingerprint density at radius 3 is 2.55 bits per heavy atom. The molecule has 5 rings (SSSR count). The number of ether oxygens (including phenoxy) is 2. The standard InChI is InChI=1S/C21H34N4O8/c1-8-11(32-21-15(28)13(26)14(27)16(33-21)20(30)31)7-23-18-12(8)24-19(29)10-3-2-6-22-17(10)25(18)9-4-5-9/h8-18,21-23,26-28H,2-7H2,1H3,(H,24,29)(H,30,31)/t8?,10?,11?,12?,13-,14-,15+,16-,17?,18?,21+/m0/s1. The van der Waals surface area contributed by atoms with Crippen LogP contribution in [0.25, 0.3) is 0 Å². The Morgan fingerprint density at radius 1 is 1.09 bits per heavy atom. The molecule has 5 fully saturated rings. The van der Waals surface area contributed by atoms with Gasteiger partial charge < -0.3 is 40.5 Å². The van der Waals surface area contributed by atoms with Crippen LogP contribution in [0.15, 0.2) is 0 Å². The molecule has 186 valence electrons. The van der Waals surface area contributed by atoms with Gasteiger partial charge in [0.15, 0.2) is 12.4 Å². The summed E-state index contributed by atoms with van der Waals surface area (Å²) in [4.78, 5) is 27.0. The normalized spacial score (nSPS) is 48.8. The number of piperidine rings is 2. The van der Waals surface area contributed by atoms with Crippen molar-refractivity contribution >= 4 is 11.9 Å². The first-order chi connectivity index (χ1) is 15.8. The molecule has 6 unspecified atom stereocenters. The van der Waals surface area contributed by atoms with Crippen molar-refractivity contribution in [3.8, 4) is 0 Å². The number of nitrogens with one attached hydrogen (secondary N) is 3. The summed E-state index contributed by atoms with van der Waals surface area (Å²) in [6, 6.07) is 0.146. The van der Waals surface area contributed by atoms with Crippen LogP contribution in [-0.2, 0) is 19.1 Å². The van der Waals surface area contributed by atoms with Gasteiger partial charge in [0.1, 0.15) is 18.3 Å². The van der Waals surface area contributed by atoms with Crippen molar-refractivity contribution in [3.05, 3.63) is 0 Å². The lowest BCUT2D eigenvalue weighted by Gasteiger charge is -2.49. The molecular weight excluding hydrogens is 436 g/mol. The molecule has 5 aliphatic rings. The van der Waals surface area contributed by atoms with Crippen molar-refractivity contribution in [1.29, 1.82) is 0 Å². The molecule has 0 aromatic rings. The van der Waals surface area contributed by atoms with Crippen LogP contribution in [-0.4, -0.2) is 112 Å². The van der Waals surface area contributed by atoms with Crippen LogP contribution in [0.5, 0.6) is 0 Å². The third-order valence-corrected chi connectivity index (χ3v) is 7.83. The molecule has 1 saturated carbocycles. The van der Waals surface area contributed by atoms with E-state index in [4.69, 9.17) is 9.47 Å². The molecule has 12 nitrogen and oxygen atoms in total. The Balaban J connectivity index is 1.34. The number of aliphatic hydroxyl groups is 3. The molecule has 1 amide bonds. The van der Waals surface area contributed by atoms with Gasteiger partial charge in [0.05, 0.1) is 30.4 Å². The zero-order valence-corrected chi connectivity index (χ0v) is 18.5. The summed E-state index contributed by atoms with van der Waals surface area (Å²) in [5.41, 5.74) is 0. The summed E-state index contributed by atoms with van der Waals surface area (Å²) in [7, 11) is 0. The van der Waals surface area contributed by atoms with E-state index < -0.39 is 42.8 Å². The minimum atomic E-state index is -1.77. The van der Waals surface area contributed by atoms with E-state index in [9.17, 15) is 30.0 Å². The molecule has 7 N–H and O–H groups in total. The molecule has 1 aliphatic carbocycles. The molecule has 33 heavy (non-hydrogen) atoms. The van der Waals surface area contributed by atoms with Crippen LogP contribution in [0.3, 0.4) is 0 Å². The summed E-state index contributed by atoms with van der Waals surface area (Å²) < 4.78 is 11.3. The lowest BCUT2D eigenvalue weighted by molar-refractivity contribution is -0.309. The summed E-state index contributed by atoms with van der Waals surface area (Å²) >= 11 is 0. The van der Waals surface area contributed by atoms with Gasteiger partial charge in [0.25, 0.3) is 0 Å². The maximum atomic E-state index is 13.1. The number of amides is 1. The second kappa shape index (κ2) is 9.00. The van der Waals surface area contributed by atoms with Gasteiger partial charge in [-0.3, -0.25) is 15.0 Å². The van der Waals surface area contributed by atoms with Crippen molar-refractivity contribution < 1.29 is 39.5 Å². The maximum Gasteiger partial charge on any atom is 0.335 e. The van der Waals surface area contributed by atoms with E-state index >= 15 is 0 Å². The SMILES string of the molecule is CC1C(O[C@@H]2O[C@H](C(=O)O)[C@@H](O)[C@H](O)[C@H]2O)CNC2C1NC(=O)C1CCCNC1N2C1CC1. The fourth-order valence-electron chi connectivity index (χ4n) is 5.81. The molecule has 4 saturated heterocycles. The minimum absolute atomic E-state index is 0.0121. The van der Waals surface area contributed by atoms with Crippen LogP contribution in [0.2, 0.25) is 0 Å². The van der Waals surface area contributed by atoms with E-state index in [1.165, 1.54) is 0 Å². The molecular formula is C21H34N4O8. The lowest BCUT2D eigenvalue weighted by Crippen LogP contribution is -2.70. The number of rotatable bonds is 4. The predicted octanol–water partition coefficient (Wildman–Crippen LogP) is -2.88. The third kappa shape index (κ3) is 4.16. The highest BCUT2D eigenvalue weighted by Gasteiger charge is 2.54. The second-order valence-corrected chi connectivity index (χ2v) is 9.98. The van der Waals surface area contributed by atoms with Gasteiger partial charge in [-0.25, -0.2) is 4.79 Å². The predicted molar refractivity (Wildman–Crippen MR) is 111 cm³/mol. The van der Waals surface area contributed by atoms with Crippen LogP contribution < -0.4 is 16.0 Å². The Kier molecular flexibility index (Phi) is 6.38. The molecule has 0 spiro atoms. The number of fused-ring (bicyclic) bond motifs is 2. The topological polar surface area (TPSA) is 173 Å². The van der Waals surface area contributed by atoms with E-state index in [-0.39, 0.29) is 36.1 Å². The Morgan fingerprint density at radius 2 is 1.85 bits per heavy atom. The van der Waals surface area contributed by atoms with E-state index in [0.717, 1.165) is 32.2 Å². The molecule has 4 aliphatic heterocycles. The number of aliphatic hydroxyl groups excluding tert-OH is 3. The first kappa shape index (κ1) is 23.4. The fraction of sp³-hybridized carbons (Fsp3) is 0.905. The quantitative estimate of drug-likeness (QED) is 0.225. The molecule has 11 atom stereocenters. The van der Waals surface area contributed by atoms with E-state index in [1.54, 1.807) is 0 Å². The molecule has 0 radical (unpaired) electrons. The molecule has 0 aromatic carbocycles. The molecule has 0 bridgehead atoms. The van der Waals surface area contributed by atoms with Gasteiger partial charge >= 0.3 is 5.97 Å². The number of hydrogen-bond donors (Lipinski definition) is 7. The number of nitrogens with zero attached hydrogens (tertiary/aromatic N) is 1. The number of carbonyl (C=O) groups excluding carboxylic acids is 1. The summed E-state index contributed by atoms with van der Waals surface area (Å²) in [6.45, 7) is 3.22. The first-order valence-corrected chi connectivity index (χ1v) is 11.9. The van der Waals surface area contributed by atoms with Crippen LogP contribution in [0.4, 0.5) is 0 Å². The Hall–Kier alpha value is -1.38. The van der Waals surface area contributed by atoms with Gasteiger partial charge in [-0.15, -0.1) is 0 Å². The van der Waals surface area contributed by atoms with Crippen molar-refractivity contribution in [2.75, 3.05) is 13.1 Å². The van der Waals surface area contributed by atoms with Crippen molar-refractivity contribution in [2.24, 2.45) is 11.8 Å². The number of hydrogen-bond acceptors (Lipinski definition) is 10. The smallest absolute Gasteiger partial charge is 0.335 e. The van der Waals surface area contributed by atoms with Crippen LogP contribution in [0.1, 0.15) is 32.6 Å². The van der Waals surface area contributed by atoms with E-state index in [0.29, 0.717) is 12.6 Å². The van der Waals surface area contributed by atoms with Crippen molar-refractivity contribution in [3.63, 3.8) is 0 Å². The highest BCUT2D eigenvalue weighted by Crippen LogP contribution is 2.39. The average Bonchev–Trinajstić information content (AvgIpc) is 3.63. The van der Waals surface area contributed by atoms with Gasteiger partial charge in [-0.05, 0) is 32.2 Å². The number of carboxylic acids is 1. The average molecular weight is 471 g/mol. The summed E-state index contributed by atoms with van der Waals surface area (Å²) in [5, 5.41) is 49.9. The first-order valence-electron chi connectivity index (χ1n) is 11.9. The number of carbonyl (C=O) groups is 2. The Bertz CT molecular complexity index is 769. The summed E-state index contributed by atoms with van der Waals surface area (Å²) in [5.74, 6) is -1.76. The van der Waals surface area contributed by atoms with E-state index in [2.05, 4.69) is 20.9 Å². The summed E-state index contributed by atoms with van der Waals surface area (Å²) in [6.07, 6.45) is -4.92. The van der Waals surface area contributed by atoms with Crippen molar-refractivity contribution in [1.82, 2.24) is 20.9 Å². The van der Waals surface area contributed by atoms with Gasteiger partial charge in [0.2, 0.25) is 5.91 Å². The largest absolute Gasteiger partial charge is 0.479 e. The van der Waals surface area contributed by atoms with E-state index in [1.807, 2.05) is 6.92 Å². The van der Waals surface area contributed by atoms with Crippen LogP contribution in [0, 0.1) is 11.8 Å². The van der Waals surface area contributed by atoms with Crippen molar-refractivity contribution in [2.45, 2.75) is 93.8 Å². The highest BCUT2D eigenvalue weighted by atomic mass is 16.7. The molecule has 4 heterocycles. The minimum Gasteiger partial charge on any atom is -0.479 e. The van der Waals surface area contributed by atoms with Gasteiger partial charge in [-0.2, -0.15) is 0 Å². The number of aliphatic carboxylic acids is 1. The van der Waals surface area contributed by atoms with Crippen LogP contribution >= 0.6 is 0 Å².